The Bertz CT molecular complexity index is 1010. The molecule has 0 aliphatic carbocycles. The fourth-order valence-corrected chi connectivity index (χ4v) is 5.61. The third-order valence-corrected chi connectivity index (χ3v) is 7.69. The highest BCUT2D eigenvalue weighted by Gasteiger charge is 2.32. The Labute approximate surface area is 183 Å². The average Bonchev–Trinajstić information content (AvgIpc) is 3.26. The van der Waals surface area contributed by atoms with Crippen LogP contribution in [-0.4, -0.2) is 44.3 Å². The second kappa shape index (κ2) is 9.70. The molecular formula is C23H28N2O5S. The molecule has 2 aliphatic rings. The van der Waals surface area contributed by atoms with Gasteiger partial charge in [-0.1, -0.05) is 36.4 Å². The van der Waals surface area contributed by atoms with Gasteiger partial charge in [0.15, 0.2) is 11.5 Å². The van der Waals surface area contributed by atoms with Gasteiger partial charge in [0.05, 0.1) is 11.7 Å². The van der Waals surface area contributed by atoms with E-state index in [4.69, 9.17) is 9.47 Å². The maximum Gasteiger partial charge on any atom is 0.231 e. The van der Waals surface area contributed by atoms with Crippen LogP contribution in [-0.2, 0) is 27.8 Å². The van der Waals surface area contributed by atoms with Crippen molar-refractivity contribution in [1.82, 2.24) is 9.62 Å². The summed E-state index contributed by atoms with van der Waals surface area (Å²) in [6.07, 6.45) is 2.69. The van der Waals surface area contributed by atoms with Crippen LogP contribution in [0.15, 0.2) is 48.5 Å². The highest BCUT2D eigenvalue weighted by atomic mass is 32.2. The number of ether oxygens (including phenoxy) is 2. The van der Waals surface area contributed by atoms with Crippen molar-refractivity contribution in [1.29, 1.82) is 0 Å². The van der Waals surface area contributed by atoms with Crippen LogP contribution in [0.3, 0.4) is 0 Å². The first-order valence-electron chi connectivity index (χ1n) is 10.7. The van der Waals surface area contributed by atoms with Crippen molar-refractivity contribution in [3.8, 4) is 11.5 Å². The van der Waals surface area contributed by atoms with E-state index >= 15 is 0 Å². The third kappa shape index (κ3) is 5.57. The summed E-state index contributed by atoms with van der Waals surface area (Å²) in [5.74, 6) is 1.05. The molecule has 0 bridgehead atoms. The van der Waals surface area contributed by atoms with Crippen LogP contribution in [0.1, 0.15) is 30.4 Å². The van der Waals surface area contributed by atoms with E-state index in [1.807, 2.05) is 48.5 Å². The van der Waals surface area contributed by atoms with Gasteiger partial charge >= 0.3 is 0 Å². The van der Waals surface area contributed by atoms with Crippen LogP contribution in [0, 0.1) is 5.92 Å². The highest BCUT2D eigenvalue weighted by molar-refractivity contribution is 7.89. The zero-order valence-electron chi connectivity index (χ0n) is 17.5. The van der Waals surface area contributed by atoms with Gasteiger partial charge in [0.1, 0.15) is 0 Å². The summed E-state index contributed by atoms with van der Waals surface area (Å²) in [6.45, 7) is 1.32. The van der Waals surface area contributed by atoms with Crippen LogP contribution in [0.25, 0.3) is 0 Å². The Morgan fingerprint density at radius 3 is 2.71 bits per heavy atom. The molecule has 0 saturated carbocycles. The largest absolute Gasteiger partial charge is 0.454 e. The molecule has 1 fully saturated rings. The second-order valence-electron chi connectivity index (χ2n) is 8.01. The van der Waals surface area contributed by atoms with Crippen molar-refractivity contribution in [2.45, 2.75) is 32.2 Å². The van der Waals surface area contributed by atoms with Gasteiger partial charge in [0.25, 0.3) is 0 Å². The number of carbonyl (C=O) groups excluding carboxylic acids is 1. The fourth-order valence-electron chi connectivity index (χ4n) is 4.03. The fraction of sp³-hybridized carbons (Fsp3) is 0.435. The average molecular weight is 445 g/mol. The smallest absolute Gasteiger partial charge is 0.231 e. The van der Waals surface area contributed by atoms with Crippen molar-refractivity contribution >= 4 is 15.9 Å². The number of amides is 1. The maximum atomic E-state index is 12.8. The monoisotopic (exact) mass is 444 g/mol. The van der Waals surface area contributed by atoms with Gasteiger partial charge < -0.3 is 14.8 Å². The molecule has 0 aromatic heterocycles. The van der Waals surface area contributed by atoms with E-state index in [0.29, 0.717) is 43.9 Å². The zero-order valence-corrected chi connectivity index (χ0v) is 18.3. The lowest BCUT2D eigenvalue weighted by Gasteiger charge is -2.31. The van der Waals surface area contributed by atoms with E-state index in [1.54, 1.807) is 0 Å². The first-order valence-corrected chi connectivity index (χ1v) is 12.3. The summed E-state index contributed by atoms with van der Waals surface area (Å²) in [7, 11) is -3.37. The molecule has 2 heterocycles. The van der Waals surface area contributed by atoms with Crippen LogP contribution in [0.5, 0.6) is 11.5 Å². The van der Waals surface area contributed by atoms with E-state index in [-0.39, 0.29) is 30.9 Å². The predicted molar refractivity (Wildman–Crippen MR) is 117 cm³/mol. The zero-order chi connectivity index (χ0) is 21.7. The van der Waals surface area contributed by atoms with Gasteiger partial charge in [-0.25, -0.2) is 12.7 Å². The van der Waals surface area contributed by atoms with Gasteiger partial charge in [-0.2, -0.15) is 0 Å². The second-order valence-corrected chi connectivity index (χ2v) is 10.1. The van der Waals surface area contributed by atoms with E-state index in [2.05, 4.69) is 5.32 Å². The molecule has 1 unspecified atom stereocenters. The molecule has 1 saturated heterocycles. The number of nitrogens with one attached hydrogen (secondary N) is 1. The SMILES string of the molecule is O=C(NCc1ccc2c(c1)OCO2)C1CCCN(S(=O)(=O)CCCc2ccccc2)C1. The molecule has 0 spiro atoms. The first-order chi connectivity index (χ1) is 15.0. The van der Waals surface area contributed by atoms with Gasteiger partial charge in [-0.15, -0.1) is 0 Å². The van der Waals surface area contributed by atoms with Crippen molar-refractivity contribution in [2.24, 2.45) is 5.92 Å². The molecule has 1 amide bonds. The van der Waals surface area contributed by atoms with Crippen molar-refractivity contribution in [3.05, 3.63) is 59.7 Å². The lowest BCUT2D eigenvalue weighted by molar-refractivity contribution is -0.126. The third-order valence-electron chi connectivity index (χ3n) is 5.76. The summed E-state index contributed by atoms with van der Waals surface area (Å²) in [6, 6.07) is 15.5. The number of benzene rings is 2. The van der Waals surface area contributed by atoms with E-state index < -0.39 is 10.0 Å². The summed E-state index contributed by atoms with van der Waals surface area (Å²) in [5, 5.41) is 2.94. The first kappa shape index (κ1) is 21.6. The lowest BCUT2D eigenvalue weighted by Crippen LogP contribution is -2.46. The van der Waals surface area contributed by atoms with Gasteiger partial charge in [0.2, 0.25) is 22.7 Å². The van der Waals surface area contributed by atoms with Crippen molar-refractivity contribution < 1.29 is 22.7 Å². The number of fused-ring (bicyclic) bond motifs is 1. The Morgan fingerprint density at radius 2 is 1.87 bits per heavy atom. The van der Waals surface area contributed by atoms with Crippen LogP contribution in [0.4, 0.5) is 0 Å². The molecule has 31 heavy (non-hydrogen) atoms. The minimum Gasteiger partial charge on any atom is -0.454 e. The molecule has 7 nitrogen and oxygen atoms in total. The van der Waals surface area contributed by atoms with Crippen LogP contribution in [0.2, 0.25) is 0 Å². The minimum atomic E-state index is -3.37. The quantitative estimate of drug-likeness (QED) is 0.677. The number of carbonyl (C=O) groups is 1. The Balaban J connectivity index is 1.27. The molecule has 0 radical (unpaired) electrons. The highest BCUT2D eigenvalue weighted by Crippen LogP contribution is 2.32. The number of rotatable bonds is 8. The van der Waals surface area contributed by atoms with Crippen LogP contribution < -0.4 is 14.8 Å². The van der Waals surface area contributed by atoms with E-state index in [0.717, 1.165) is 17.5 Å². The number of sulfonamides is 1. The standard InChI is InChI=1S/C23H28N2O5S/c26-23(24-15-19-10-11-21-22(14-19)30-17-29-21)20-9-4-12-25(16-20)31(27,28)13-5-8-18-6-2-1-3-7-18/h1-3,6-7,10-11,14,20H,4-5,8-9,12-13,15-17H2,(H,24,26). The minimum absolute atomic E-state index is 0.105. The molecule has 8 heteroatoms. The summed E-state index contributed by atoms with van der Waals surface area (Å²) < 4.78 is 37.8. The molecule has 1 N–H and O–H groups in total. The predicted octanol–water partition coefficient (Wildman–Crippen LogP) is 2.71. The number of piperidine rings is 1. The Morgan fingerprint density at radius 1 is 1.06 bits per heavy atom. The molecular weight excluding hydrogens is 416 g/mol. The molecule has 2 aromatic rings. The summed E-state index contributed by atoms with van der Waals surface area (Å²) in [5.41, 5.74) is 2.05. The maximum absolute atomic E-state index is 12.8. The Hall–Kier alpha value is -2.58. The molecule has 166 valence electrons. The molecule has 1 atom stereocenters. The molecule has 2 aliphatic heterocycles. The normalized spacial score (nSPS) is 18.6. The van der Waals surface area contributed by atoms with E-state index in [1.165, 1.54) is 4.31 Å². The topological polar surface area (TPSA) is 84.9 Å². The van der Waals surface area contributed by atoms with Crippen molar-refractivity contribution in [3.63, 3.8) is 0 Å². The van der Waals surface area contributed by atoms with Crippen LogP contribution >= 0.6 is 0 Å². The lowest BCUT2D eigenvalue weighted by atomic mass is 9.98. The number of nitrogens with zero attached hydrogens (tertiary/aromatic N) is 1. The van der Waals surface area contributed by atoms with Gasteiger partial charge in [-0.05, 0) is 48.9 Å². The number of aryl methyl sites for hydroxylation is 1. The summed E-state index contributed by atoms with van der Waals surface area (Å²) >= 11 is 0. The Kier molecular flexibility index (Phi) is 6.77. The van der Waals surface area contributed by atoms with Gasteiger partial charge in [-0.3, -0.25) is 4.79 Å². The van der Waals surface area contributed by atoms with E-state index in [9.17, 15) is 13.2 Å². The van der Waals surface area contributed by atoms with Crippen molar-refractivity contribution in [2.75, 3.05) is 25.6 Å². The summed E-state index contributed by atoms with van der Waals surface area (Å²) in [4.78, 5) is 12.7. The number of hydrogen-bond acceptors (Lipinski definition) is 5. The molecule has 4 rings (SSSR count). The van der Waals surface area contributed by atoms with Gasteiger partial charge in [0, 0.05) is 19.6 Å². The number of hydrogen-bond donors (Lipinski definition) is 1. The molecule has 2 aromatic carbocycles.